The Morgan fingerprint density at radius 2 is 1.89 bits per heavy atom. The highest BCUT2D eigenvalue weighted by Crippen LogP contribution is 2.68. The molecule has 154 valence electrons. The van der Waals surface area contributed by atoms with E-state index in [1.165, 1.54) is 51.4 Å². The predicted octanol–water partition coefficient (Wildman–Crippen LogP) is 6.26. The number of fused-ring (bicyclic) bond motifs is 5. The van der Waals surface area contributed by atoms with E-state index >= 15 is 0 Å². The first-order chi connectivity index (χ1) is 13.0. The third-order valence-electron chi connectivity index (χ3n) is 9.72. The van der Waals surface area contributed by atoms with Crippen molar-refractivity contribution in [2.45, 2.75) is 78.6 Å². The lowest BCUT2D eigenvalue weighted by atomic mass is 9.44. The van der Waals surface area contributed by atoms with E-state index in [-0.39, 0.29) is 5.41 Å². The molecule has 0 bridgehead atoms. The molecule has 2 nitrogen and oxygen atoms in total. The number of carbonyl (C=O) groups is 1. The largest absolute Gasteiger partial charge is 0.381 e. The van der Waals surface area contributed by atoms with Crippen LogP contribution in [-0.2, 0) is 9.53 Å². The minimum atomic E-state index is 0.258. The zero-order valence-electron chi connectivity index (χ0n) is 17.6. The van der Waals surface area contributed by atoms with Gasteiger partial charge in [-0.2, -0.15) is 0 Å². The fraction of sp³-hybridized carbons (Fsp3) is 0.958. The van der Waals surface area contributed by atoms with Gasteiger partial charge in [0.25, 0.3) is 0 Å². The van der Waals surface area contributed by atoms with Gasteiger partial charge in [-0.1, -0.05) is 36.2 Å². The predicted molar refractivity (Wildman–Crippen MR) is 114 cm³/mol. The summed E-state index contributed by atoms with van der Waals surface area (Å²) in [5, 5.41) is 0.544. The second kappa shape index (κ2) is 7.74. The molecular weight excluding hydrogens is 400 g/mol. The Labute approximate surface area is 174 Å². The molecular formula is C24H39BrO2. The second-order valence-electron chi connectivity index (χ2n) is 10.7. The molecule has 0 aromatic rings. The molecule has 3 heteroatoms. The molecule has 27 heavy (non-hydrogen) atoms. The summed E-state index contributed by atoms with van der Waals surface area (Å²) < 4.78 is 6.17. The van der Waals surface area contributed by atoms with Crippen molar-refractivity contribution in [1.82, 2.24) is 0 Å². The van der Waals surface area contributed by atoms with E-state index in [0.717, 1.165) is 49.2 Å². The lowest BCUT2D eigenvalue weighted by Crippen LogP contribution is -2.56. The van der Waals surface area contributed by atoms with Gasteiger partial charge in [0, 0.05) is 12.5 Å². The molecule has 4 rings (SSSR count). The molecule has 0 radical (unpaired) electrons. The van der Waals surface area contributed by atoms with Gasteiger partial charge < -0.3 is 4.74 Å². The van der Waals surface area contributed by atoms with E-state index < -0.39 is 0 Å². The molecule has 0 amide bonds. The second-order valence-corrected chi connectivity index (χ2v) is 11.2. The van der Waals surface area contributed by atoms with Gasteiger partial charge in [0.05, 0.1) is 11.9 Å². The van der Waals surface area contributed by atoms with Crippen LogP contribution in [0.1, 0.15) is 78.6 Å². The summed E-state index contributed by atoms with van der Waals surface area (Å²) in [5.74, 6) is 4.97. The Hall–Kier alpha value is 0.110. The lowest BCUT2D eigenvalue weighted by molar-refractivity contribution is -0.157. The third kappa shape index (κ3) is 3.18. The average molecular weight is 439 g/mol. The van der Waals surface area contributed by atoms with Crippen molar-refractivity contribution >= 4 is 21.7 Å². The van der Waals surface area contributed by atoms with Crippen LogP contribution in [0.5, 0.6) is 0 Å². The molecule has 7 unspecified atom stereocenters. The van der Waals surface area contributed by atoms with Crippen molar-refractivity contribution in [2.75, 3.05) is 18.5 Å². The highest BCUT2D eigenvalue weighted by molar-refractivity contribution is 9.09. The van der Waals surface area contributed by atoms with Crippen molar-refractivity contribution in [3.05, 3.63) is 0 Å². The van der Waals surface area contributed by atoms with E-state index in [2.05, 4.69) is 36.7 Å². The van der Waals surface area contributed by atoms with Gasteiger partial charge >= 0.3 is 0 Å². The Bertz CT molecular complexity index is 559. The zero-order valence-corrected chi connectivity index (χ0v) is 19.2. The first kappa shape index (κ1) is 20.4. The van der Waals surface area contributed by atoms with Gasteiger partial charge in [0.1, 0.15) is 5.78 Å². The van der Waals surface area contributed by atoms with E-state index in [9.17, 15) is 4.79 Å². The maximum atomic E-state index is 12.6. The number of ketones is 1. The van der Waals surface area contributed by atoms with Gasteiger partial charge in [-0.25, -0.2) is 0 Å². The molecule has 4 saturated carbocycles. The number of carbonyl (C=O) groups excluding carboxylic acids is 1. The molecule has 0 saturated heterocycles. The Morgan fingerprint density at radius 3 is 2.63 bits per heavy atom. The standard InChI is InChI=1S/C24H39BrO2/c1-4-27-15-24-12-9-16(2)13-17(24)5-6-18-19-7-8-21(22(26)14-25)23(19,3)11-10-20(18)24/h16-21H,4-15H2,1-3H3/t16?,17?,18?,19?,20?,21-,23?,24?/m1/s1. The van der Waals surface area contributed by atoms with Crippen LogP contribution < -0.4 is 0 Å². The summed E-state index contributed by atoms with van der Waals surface area (Å²) >= 11 is 3.46. The Kier molecular flexibility index (Phi) is 5.85. The van der Waals surface area contributed by atoms with Crippen molar-refractivity contribution in [2.24, 2.45) is 46.3 Å². The van der Waals surface area contributed by atoms with Crippen molar-refractivity contribution < 1.29 is 9.53 Å². The molecule has 4 aliphatic rings. The number of hydrogen-bond acceptors (Lipinski definition) is 2. The Morgan fingerprint density at radius 1 is 1.07 bits per heavy atom. The van der Waals surface area contributed by atoms with Crippen molar-refractivity contribution in [1.29, 1.82) is 0 Å². The van der Waals surface area contributed by atoms with E-state index in [0.29, 0.717) is 22.4 Å². The highest BCUT2D eigenvalue weighted by Gasteiger charge is 2.62. The summed E-state index contributed by atoms with van der Waals surface area (Å²) in [4.78, 5) is 12.6. The molecule has 4 aliphatic carbocycles. The minimum absolute atomic E-state index is 0.258. The van der Waals surface area contributed by atoms with Gasteiger partial charge in [-0.15, -0.1) is 0 Å². The number of Topliss-reactive ketones (excluding diaryl/α,β-unsaturated/α-hetero) is 1. The van der Waals surface area contributed by atoms with Crippen LogP contribution in [0.3, 0.4) is 0 Å². The summed E-state index contributed by atoms with van der Waals surface area (Å²) in [6, 6.07) is 0. The first-order valence-corrected chi connectivity index (χ1v) is 12.7. The van der Waals surface area contributed by atoms with Crippen LogP contribution in [0.25, 0.3) is 0 Å². The van der Waals surface area contributed by atoms with E-state index in [4.69, 9.17) is 4.74 Å². The number of halogens is 1. The van der Waals surface area contributed by atoms with E-state index in [1.54, 1.807) is 0 Å². The molecule has 8 atom stereocenters. The van der Waals surface area contributed by atoms with Crippen LogP contribution in [0.4, 0.5) is 0 Å². The topological polar surface area (TPSA) is 26.3 Å². The van der Waals surface area contributed by atoms with Crippen LogP contribution in [0, 0.1) is 46.3 Å². The van der Waals surface area contributed by atoms with Gasteiger partial charge in [0.15, 0.2) is 0 Å². The van der Waals surface area contributed by atoms with E-state index in [1.807, 2.05) is 0 Å². The third-order valence-corrected chi connectivity index (χ3v) is 10.3. The average Bonchev–Trinajstić information content (AvgIpc) is 3.03. The molecule has 0 aromatic heterocycles. The van der Waals surface area contributed by atoms with Gasteiger partial charge in [-0.05, 0) is 98.7 Å². The molecule has 0 N–H and O–H groups in total. The minimum Gasteiger partial charge on any atom is -0.381 e. The quantitative estimate of drug-likeness (QED) is 0.473. The zero-order chi connectivity index (χ0) is 19.2. The number of alkyl halides is 1. The molecule has 0 aliphatic heterocycles. The van der Waals surface area contributed by atoms with Gasteiger partial charge in [0.2, 0.25) is 0 Å². The summed E-state index contributed by atoms with van der Waals surface area (Å²) in [7, 11) is 0. The summed E-state index contributed by atoms with van der Waals surface area (Å²) in [5.41, 5.74) is 0.692. The van der Waals surface area contributed by atoms with Crippen LogP contribution in [0.15, 0.2) is 0 Å². The molecule has 0 heterocycles. The fourth-order valence-corrected chi connectivity index (χ4v) is 8.85. The van der Waals surface area contributed by atoms with Gasteiger partial charge in [-0.3, -0.25) is 4.79 Å². The maximum Gasteiger partial charge on any atom is 0.147 e. The molecule has 4 fully saturated rings. The van der Waals surface area contributed by atoms with Crippen molar-refractivity contribution in [3.63, 3.8) is 0 Å². The van der Waals surface area contributed by atoms with Crippen LogP contribution in [-0.4, -0.2) is 24.3 Å². The number of ether oxygens (including phenoxy) is 1. The number of hydrogen-bond donors (Lipinski definition) is 0. The van der Waals surface area contributed by atoms with Crippen LogP contribution in [0.2, 0.25) is 0 Å². The monoisotopic (exact) mass is 438 g/mol. The lowest BCUT2D eigenvalue weighted by Gasteiger charge is -2.62. The Balaban J connectivity index is 1.62. The molecule has 0 spiro atoms. The molecule has 0 aromatic carbocycles. The van der Waals surface area contributed by atoms with Crippen LogP contribution >= 0.6 is 15.9 Å². The SMILES string of the molecule is CCOCC12CCC(C)CC1CCC1C2CCC2(C)C1CC[C@@H]2C(=O)CBr. The maximum absolute atomic E-state index is 12.6. The smallest absolute Gasteiger partial charge is 0.147 e. The normalized spacial score (nSPS) is 49.2. The van der Waals surface area contributed by atoms with Crippen molar-refractivity contribution in [3.8, 4) is 0 Å². The number of rotatable bonds is 5. The summed E-state index contributed by atoms with van der Waals surface area (Å²) in [6.45, 7) is 8.93. The first-order valence-electron chi connectivity index (χ1n) is 11.6. The highest BCUT2D eigenvalue weighted by atomic mass is 79.9. The summed E-state index contributed by atoms with van der Waals surface area (Å²) in [6.07, 6.45) is 12.0. The fourth-order valence-electron chi connectivity index (χ4n) is 8.46.